The zero-order chi connectivity index (χ0) is 24.5. The number of aromatic nitrogens is 2. The molecule has 0 radical (unpaired) electrons. The van der Waals surface area contributed by atoms with Crippen LogP contribution in [0.2, 0.25) is 0 Å². The van der Waals surface area contributed by atoms with E-state index >= 15 is 0 Å². The number of benzene rings is 1. The van der Waals surface area contributed by atoms with Crippen LogP contribution in [0.15, 0.2) is 48.7 Å². The van der Waals surface area contributed by atoms with E-state index < -0.39 is 29.6 Å². The molecule has 3 aromatic rings. The van der Waals surface area contributed by atoms with Gasteiger partial charge in [0.25, 0.3) is 5.91 Å². The van der Waals surface area contributed by atoms with Crippen molar-refractivity contribution in [3.05, 3.63) is 65.6 Å². The van der Waals surface area contributed by atoms with Crippen molar-refractivity contribution in [2.75, 3.05) is 5.32 Å². The van der Waals surface area contributed by atoms with Gasteiger partial charge in [-0.15, -0.1) is 0 Å². The Morgan fingerprint density at radius 3 is 2.18 bits per heavy atom. The Labute approximate surface area is 190 Å². The molecule has 1 amide bonds. The number of carbonyl (C=O) groups excluding carboxylic acids is 1. The summed E-state index contributed by atoms with van der Waals surface area (Å²) in [6.07, 6.45) is -6.12. The highest BCUT2D eigenvalue weighted by Gasteiger charge is 2.34. The van der Waals surface area contributed by atoms with E-state index in [-0.39, 0.29) is 23.2 Å². The second-order valence-corrected chi connectivity index (χ2v) is 8.16. The zero-order valence-electron chi connectivity index (χ0n) is 17.7. The molecule has 1 aromatic carbocycles. The van der Waals surface area contributed by atoms with Gasteiger partial charge in [-0.3, -0.25) is 9.78 Å². The fourth-order valence-corrected chi connectivity index (χ4v) is 4.04. The average molecular weight is 482 g/mol. The number of anilines is 1. The largest absolute Gasteiger partial charge is 0.433 e. The standard InChI is InChI=1S/C23H20F6N4O/c24-22(25,26)19-11-13(9-10-30-19)21(34)32-15-7-5-14(6-8-15)31-18-12-20(23(27,28)29)33-17-4-2-1-3-16(17)18/h1-4,9-12,14-15H,5-8H2,(H,31,33)(H,32,34). The quantitative estimate of drug-likeness (QED) is 0.460. The van der Waals surface area contributed by atoms with Crippen LogP contribution in [0.4, 0.5) is 32.0 Å². The molecule has 2 heterocycles. The first-order chi connectivity index (χ1) is 16.0. The summed E-state index contributed by atoms with van der Waals surface area (Å²) in [6, 6.07) is 9.08. The Balaban J connectivity index is 1.40. The minimum Gasteiger partial charge on any atom is -0.382 e. The van der Waals surface area contributed by atoms with Gasteiger partial charge in [0.15, 0.2) is 0 Å². The number of rotatable bonds is 4. The van der Waals surface area contributed by atoms with Crippen molar-refractivity contribution in [1.29, 1.82) is 0 Å². The van der Waals surface area contributed by atoms with Crippen molar-refractivity contribution in [2.45, 2.75) is 50.1 Å². The molecular weight excluding hydrogens is 462 g/mol. The number of para-hydroxylation sites is 1. The molecule has 0 saturated heterocycles. The Morgan fingerprint density at radius 1 is 0.853 bits per heavy atom. The maximum atomic E-state index is 13.3. The maximum absolute atomic E-state index is 13.3. The van der Waals surface area contributed by atoms with E-state index in [0.717, 1.165) is 12.3 Å². The highest BCUT2D eigenvalue weighted by Crippen LogP contribution is 2.34. The lowest BCUT2D eigenvalue weighted by atomic mass is 9.90. The van der Waals surface area contributed by atoms with Crippen molar-refractivity contribution in [3.63, 3.8) is 0 Å². The number of nitrogens with zero attached hydrogens (tertiary/aromatic N) is 2. The topological polar surface area (TPSA) is 66.9 Å². The lowest BCUT2D eigenvalue weighted by Gasteiger charge is -2.30. The number of amides is 1. The van der Waals surface area contributed by atoms with Crippen molar-refractivity contribution in [1.82, 2.24) is 15.3 Å². The lowest BCUT2D eigenvalue weighted by molar-refractivity contribution is -0.141. The highest BCUT2D eigenvalue weighted by atomic mass is 19.4. The molecule has 11 heteroatoms. The molecular formula is C23H20F6N4O. The first kappa shape index (κ1) is 23.8. The van der Waals surface area contributed by atoms with Crippen molar-refractivity contribution >= 4 is 22.5 Å². The minimum absolute atomic E-state index is 0.127. The lowest BCUT2D eigenvalue weighted by Crippen LogP contribution is -2.40. The Bertz CT molecular complexity index is 1190. The molecule has 0 spiro atoms. The Kier molecular flexibility index (Phi) is 6.37. The van der Waals surface area contributed by atoms with Gasteiger partial charge in [-0.1, -0.05) is 18.2 Å². The molecule has 1 aliphatic carbocycles. The predicted octanol–water partition coefficient (Wildman–Crippen LogP) is 5.82. The van der Waals surface area contributed by atoms with Crippen LogP contribution in [0.25, 0.3) is 10.9 Å². The fraction of sp³-hybridized carbons (Fsp3) is 0.348. The van der Waals surface area contributed by atoms with Gasteiger partial charge >= 0.3 is 12.4 Å². The van der Waals surface area contributed by atoms with Crippen molar-refractivity contribution in [2.24, 2.45) is 0 Å². The molecule has 1 fully saturated rings. The molecule has 0 atom stereocenters. The van der Waals surface area contributed by atoms with Gasteiger partial charge in [0.05, 0.1) is 5.52 Å². The van der Waals surface area contributed by atoms with Crippen LogP contribution in [0.1, 0.15) is 47.4 Å². The first-order valence-corrected chi connectivity index (χ1v) is 10.6. The molecule has 5 nitrogen and oxygen atoms in total. The number of nitrogens with one attached hydrogen (secondary N) is 2. The van der Waals surface area contributed by atoms with Gasteiger partial charge in [-0.05, 0) is 49.9 Å². The van der Waals surface area contributed by atoms with E-state index in [1.807, 2.05) is 0 Å². The molecule has 4 rings (SSSR count). The van der Waals surface area contributed by atoms with E-state index in [2.05, 4.69) is 20.6 Å². The number of pyridine rings is 2. The van der Waals surface area contributed by atoms with Gasteiger partial charge in [0.1, 0.15) is 11.4 Å². The number of hydrogen-bond donors (Lipinski definition) is 2. The van der Waals surface area contributed by atoms with Gasteiger partial charge in [-0.2, -0.15) is 26.3 Å². The third-order valence-electron chi connectivity index (χ3n) is 5.74. The van der Waals surface area contributed by atoms with Crippen molar-refractivity contribution in [3.8, 4) is 0 Å². The average Bonchev–Trinajstić information content (AvgIpc) is 2.79. The molecule has 2 aromatic heterocycles. The zero-order valence-corrected chi connectivity index (χ0v) is 17.7. The van der Waals surface area contributed by atoms with Gasteiger partial charge in [0.2, 0.25) is 0 Å². The van der Waals surface area contributed by atoms with E-state index in [1.54, 1.807) is 18.2 Å². The van der Waals surface area contributed by atoms with Crippen LogP contribution in [0, 0.1) is 0 Å². The summed E-state index contributed by atoms with van der Waals surface area (Å²) < 4.78 is 78.3. The van der Waals surface area contributed by atoms with Crippen LogP contribution in [-0.2, 0) is 12.4 Å². The summed E-state index contributed by atoms with van der Waals surface area (Å²) in [5.41, 5.74) is -1.69. The second kappa shape index (κ2) is 9.11. The first-order valence-electron chi connectivity index (χ1n) is 10.6. The SMILES string of the molecule is O=C(NC1CCC(Nc2cc(C(F)(F)F)nc3ccccc23)CC1)c1ccnc(C(F)(F)F)c1. The number of carbonyl (C=O) groups is 1. The molecule has 0 aliphatic heterocycles. The smallest absolute Gasteiger partial charge is 0.382 e. The monoisotopic (exact) mass is 482 g/mol. The molecule has 34 heavy (non-hydrogen) atoms. The normalized spacial score (nSPS) is 19.1. The van der Waals surface area contributed by atoms with Crippen LogP contribution in [0.5, 0.6) is 0 Å². The van der Waals surface area contributed by atoms with Gasteiger partial charge < -0.3 is 10.6 Å². The van der Waals surface area contributed by atoms with E-state index in [1.165, 1.54) is 12.1 Å². The number of halogens is 6. The molecule has 0 bridgehead atoms. The predicted molar refractivity (Wildman–Crippen MR) is 113 cm³/mol. The van der Waals surface area contributed by atoms with Crippen LogP contribution in [0.3, 0.4) is 0 Å². The Hall–Kier alpha value is -3.37. The van der Waals surface area contributed by atoms with Gasteiger partial charge in [0, 0.05) is 34.9 Å². The van der Waals surface area contributed by atoms with Crippen LogP contribution < -0.4 is 10.6 Å². The molecule has 2 N–H and O–H groups in total. The molecule has 1 saturated carbocycles. The van der Waals surface area contributed by atoms with Crippen LogP contribution in [-0.4, -0.2) is 28.0 Å². The Morgan fingerprint density at radius 2 is 1.50 bits per heavy atom. The summed E-state index contributed by atoms with van der Waals surface area (Å²) in [6.45, 7) is 0. The minimum atomic E-state index is -4.65. The maximum Gasteiger partial charge on any atom is 0.433 e. The number of fused-ring (bicyclic) bond motifs is 1. The molecule has 180 valence electrons. The molecule has 1 aliphatic rings. The third kappa shape index (κ3) is 5.40. The summed E-state index contributed by atoms with van der Waals surface area (Å²) in [4.78, 5) is 19.4. The van der Waals surface area contributed by atoms with E-state index in [9.17, 15) is 31.1 Å². The summed E-state index contributed by atoms with van der Waals surface area (Å²) in [5, 5.41) is 6.49. The third-order valence-corrected chi connectivity index (χ3v) is 5.74. The second-order valence-electron chi connectivity index (χ2n) is 8.16. The number of alkyl halides is 6. The highest BCUT2D eigenvalue weighted by molar-refractivity contribution is 5.94. The molecule has 0 unspecified atom stereocenters. The van der Waals surface area contributed by atoms with E-state index in [4.69, 9.17) is 0 Å². The van der Waals surface area contributed by atoms with Crippen molar-refractivity contribution < 1.29 is 31.1 Å². The van der Waals surface area contributed by atoms with Gasteiger partial charge in [-0.25, -0.2) is 4.98 Å². The summed E-state index contributed by atoms with van der Waals surface area (Å²) in [7, 11) is 0. The summed E-state index contributed by atoms with van der Waals surface area (Å²) >= 11 is 0. The fourth-order valence-electron chi connectivity index (χ4n) is 4.04. The summed E-state index contributed by atoms with van der Waals surface area (Å²) in [5.74, 6) is -0.626. The van der Waals surface area contributed by atoms with Crippen LogP contribution >= 0.6 is 0 Å². The number of hydrogen-bond acceptors (Lipinski definition) is 4. The van der Waals surface area contributed by atoms with E-state index in [0.29, 0.717) is 42.8 Å².